The van der Waals surface area contributed by atoms with Gasteiger partial charge in [-0.05, 0) is 31.9 Å². The zero-order valence-electron chi connectivity index (χ0n) is 14.1. The van der Waals surface area contributed by atoms with E-state index < -0.39 is 6.10 Å². The summed E-state index contributed by atoms with van der Waals surface area (Å²) < 4.78 is 10.7. The molecule has 0 bridgehead atoms. The van der Waals surface area contributed by atoms with E-state index in [4.69, 9.17) is 9.26 Å². The van der Waals surface area contributed by atoms with Gasteiger partial charge in [-0.25, -0.2) is 0 Å². The van der Waals surface area contributed by atoms with Crippen molar-refractivity contribution in [3.63, 3.8) is 0 Å². The minimum Gasteiger partial charge on any atom is -0.488 e. The molecule has 25 heavy (non-hydrogen) atoms. The summed E-state index contributed by atoms with van der Waals surface area (Å²) in [4.78, 5) is 11.8. The molecule has 2 aromatic rings. The molecule has 1 aliphatic carbocycles. The number of benzene rings is 1. The fourth-order valence-corrected chi connectivity index (χ4v) is 3.03. The van der Waals surface area contributed by atoms with E-state index in [9.17, 15) is 9.90 Å². The number of hydrogen-bond acceptors (Lipinski definition) is 6. The van der Waals surface area contributed by atoms with E-state index in [0.717, 1.165) is 18.6 Å². The molecule has 7 heteroatoms. The molecular formula is C18H23N3O4. The molecule has 0 unspecified atom stereocenters. The Balaban J connectivity index is 1.39. The van der Waals surface area contributed by atoms with Crippen molar-refractivity contribution >= 4 is 11.7 Å². The van der Waals surface area contributed by atoms with Crippen LogP contribution in [0.2, 0.25) is 0 Å². The third-order valence-electron chi connectivity index (χ3n) is 4.30. The van der Waals surface area contributed by atoms with Gasteiger partial charge in [0.15, 0.2) is 5.82 Å². The van der Waals surface area contributed by atoms with E-state index in [0.29, 0.717) is 18.1 Å². The van der Waals surface area contributed by atoms with Crippen molar-refractivity contribution < 1.29 is 19.2 Å². The van der Waals surface area contributed by atoms with Crippen molar-refractivity contribution in [2.45, 2.75) is 32.0 Å². The number of para-hydroxylation sites is 1. The normalized spacial score (nSPS) is 22.7. The van der Waals surface area contributed by atoms with Gasteiger partial charge in [-0.2, -0.15) is 0 Å². The molecular weight excluding hydrogens is 322 g/mol. The maximum Gasteiger partial charge on any atom is 0.239 e. The summed E-state index contributed by atoms with van der Waals surface area (Å²) in [7, 11) is 0. The molecule has 3 rings (SSSR count). The summed E-state index contributed by atoms with van der Waals surface area (Å²) in [6, 6.07) is 11.2. The molecule has 0 saturated heterocycles. The Hall–Kier alpha value is -2.38. The molecule has 1 heterocycles. The third-order valence-corrected chi connectivity index (χ3v) is 4.30. The summed E-state index contributed by atoms with van der Waals surface area (Å²) >= 11 is 0. The Morgan fingerprint density at radius 2 is 2.16 bits per heavy atom. The third kappa shape index (κ3) is 4.80. The van der Waals surface area contributed by atoms with Crippen LogP contribution in [0.3, 0.4) is 0 Å². The van der Waals surface area contributed by atoms with Gasteiger partial charge in [-0.15, -0.1) is 0 Å². The van der Waals surface area contributed by atoms with Gasteiger partial charge in [-0.1, -0.05) is 23.4 Å². The molecule has 1 fully saturated rings. The molecule has 3 atom stereocenters. The van der Waals surface area contributed by atoms with Gasteiger partial charge in [-0.3, -0.25) is 4.79 Å². The number of rotatable bonds is 7. The SMILES string of the molecule is Cc1cc(NC(=O)CNC[C@H]2CC[C@@H](Oc3ccccc3)[C@@H]2O)no1. The Morgan fingerprint density at radius 3 is 2.88 bits per heavy atom. The average Bonchev–Trinajstić information content (AvgIpc) is 3.16. The van der Waals surface area contributed by atoms with Gasteiger partial charge in [0.2, 0.25) is 5.91 Å². The molecule has 1 saturated carbocycles. The summed E-state index contributed by atoms with van der Waals surface area (Å²) in [5.41, 5.74) is 0. The van der Waals surface area contributed by atoms with Crippen molar-refractivity contribution in [1.29, 1.82) is 0 Å². The second-order valence-corrected chi connectivity index (χ2v) is 6.30. The van der Waals surface area contributed by atoms with E-state index in [1.807, 2.05) is 30.3 Å². The van der Waals surface area contributed by atoms with Gasteiger partial charge in [0.25, 0.3) is 0 Å². The lowest BCUT2D eigenvalue weighted by Gasteiger charge is -2.21. The smallest absolute Gasteiger partial charge is 0.239 e. The van der Waals surface area contributed by atoms with Crippen LogP contribution in [-0.4, -0.2) is 41.5 Å². The Bertz CT molecular complexity index is 689. The highest BCUT2D eigenvalue weighted by molar-refractivity contribution is 5.91. The maximum atomic E-state index is 11.8. The fraction of sp³-hybridized carbons (Fsp3) is 0.444. The highest BCUT2D eigenvalue weighted by Gasteiger charge is 2.36. The highest BCUT2D eigenvalue weighted by Crippen LogP contribution is 2.29. The topological polar surface area (TPSA) is 96.6 Å². The number of aromatic nitrogens is 1. The monoisotopic (exact) mass is 345 g/mol. The van der Waals surface area contributed by atoms with Crippen molar-refractivity contribution in [1.82, 2.24) is 10.5 Å². The quantitative estimate of drug-likeness (QED) is 0.707. The molecule has 0 spiro atoms. The summed E-state index contributed by atoms with van der Waals surface area (Å²) in [6.07, 6.45) is 0.901. The van der Waals surface area contributed by atoms with Crippen LogP contribution in [-0.2, 0) is 4.79 Å². The van der Waals surface area contributed by atoms with Crippen LogP contribution in [0.1, 0.15) is 18.6 Å². The molecule has 3 N–H and O–H groups in total. The molecule has 0 aliphatic heterocycles. The lowest BCUT2D eigenvalue weighted by atomic mass is 10.1. The number of hydrogen-bond donors (Lipinski definition) is 3. The zero-order valence-corrected chi connectivity index (χ0v) is 14.1. The van der Waals surface area contributed by atoms with Crippen LogP contribution < -0.4 is 15.4 Å². The van der Waals surface area contributed by atoms with E-state index >= 15 is 0 Å². The summed E-state index contributed by atoms with van der Waals surface area (Å²) in [5, 5.41) is 19.9. The van der Waals surface area contributed by atoms with Gasteiger partial charge >= 0.3 is 0 Å². The van der Waals surface area contributed by atoms with E-state index in [-0.39, 0.29) is 24.5 Å². The molecule has 1 amide bonds. The zero-order chi connectivity index (χ0) is 17.6. The first kappa shape index (κ1) is 17.4. The molecule has 7 nitrogen and oxygen atoms in total. The number of aryl methyl sites for hydroxylation is 1. The number of carbonyl (C=O) groups excluding carboxylic acids is 1. The van der Waals surface area contributed by atoms with Crippen LogP contribution in [0.15, 0.2) is 40.9 Å². The second kappa shape index (κ2) is 8.13. The fourth-order valence-electron chi connectivity index (χ4n) is 3.03. The Morgan fingerprint density at radius 1 is 1.36 bits per heavy atom. The van der Waals surface area contributed by atoms with Crippen LogP contribution in [0.5, 0.6) is 5.75 Å². The molecule has 1 aromatic carbocycles. The first-order valence-corrected chi connectivity index (χ1v) is 8.45. The minimum absolute atomic E-state index is 0.0656. The predicted octanol–water partition coefficient (Wildman–Crippen LogP) is 1.73. The second-order valence-electron chi connectivity index (χ2n) is 6.30. The molecule has 134 valence electrons. The molecule has 1 aliphatic rings. The van der Waals surface area contributed by atoms with Gasteiger partial charge in [0.05, 0.1) is 12.6 Å². The Labute approximate surface area is 146 Å². The molecule has 1 aromatic heterocycles. The standard InChI is InChI=1S/C18H23N3O4/c1-12-9-16(21-25-12)20-17(22)11-19-10-13-7-8-15(18(13)23)24-14-5-3-2-4-6-14/h2-6,9,13,15,18-19,23H,7-8,10-11H2,1H3,(H,20,21,22)/t13-,15-,18-/m1/s1. The first-order chi connectivity index (χ1) is 12.1. The van der Waals surface area contributed by atoms with E-state index in [1.165, 1.54) is 0 Å². The van der Waals surface area contributed by atoms with Crippen molar-refractivity contribution in [3.05, 3.63) is 42.2 Å². The minimum atomic E-state index is -0.547. The largest absolute Gasteiger partial charge is 0.488 e. The average molecular weight is 345 g/mol. The van der Waals surface area contributed by atoms with Crippen LogP contribution >= 0.6 is 0 Å². The molecule has 0 radical (unpaired) electrons. The van der Waals surface area contributed by atoms with Gasteiger partial charge < -0.3 is 25.0 Å². The highest BCUT2D eigenvalue weighted by atomic mass is 16.5. The van der Waals surface area contributed by atoms with Gasteiger partial charge in [0, 0.05) is 18.5 Å². The van der Waals surface area contributed by atoms with Gasteiger partial charge in [0.1, 0.15) is 17.6 Å². The number of aliphatic hydroxyl groups excluding tert-OH is 1. The van der Waals surface area contributed by atoms with E-state index in [1.54, 1.807) is 13.0 Å². The first-order valence-electron chi connectivity index (χ1n) is 8.45. The predicted molar refractivity (Wildman–Crippen MR) is 92.3 cm³/mol. The van der Waals surface area contributed by atoms with E-state index in [2.05, 4.69) is 15.8 Å². The number of nitrogens with one attached hydrogen (secondary N) is 2. The lowest BCUT2D eigenvalue weighted by Crippen LogP contribution is -2.37. The van der Waals surface area contributed by atoms with Crippen LogP contribution in [0.4, 0.5) is 5.82 Å². The van der Waals surface area contributed by atoms with Crippen LogP contribution in [0.25, 0.3) is 0 Å². The number of nitrogens with zero attached hydrogens (tertiary/aromatic N) is 1. The number of carbonyl (C=O) groups is 1. The maximum absolute atomic E-state index is 11.8. The van der Waals surface area contributed by atoms with Crippen molar-refractivity contribution in [2.24, 2.45) is 5.92 Å². The van der Waals surface area contributed by atoms with Crippen molar-refractivity contribution in [3.8, 4) is 5.75 Å². The summed E-state index contributed by atoms with van der Waals surface area (Å²) in [6.45, 7) is 2.47. The van der Waals surface area contributed by atoms with Crippen LogP contribution in [0, 0.1) is 12.8 Å². The lowest BCUT2D eigenvalue weighted by molar-refractivity contribution is -0.115. The number of anilines is 1. The Kier molecular flexibility index (Phi) is 5.67. The van der Waals surface area contributed by atoms with Crippen molar-refractivity contribution in [2.75, 3.05) is 18.4 Å². The number of amides is 1. The number of ether oxygens (including phenoxy) is 1. The summed E-state index contributed by atoms with van der Waals surface area (Å²) in [5.74, 6) is 1.68. The number of aliphatic hydroxyl groups is 1.